The molecule has 0 saturated heterocycles. The fourth-order valence-corrected chi connectivity index (χ4v) is 7.42. The SMILES string of the molecule is [2H]c1c([2H])c([2H])c(-c2cccc(-c3c([2H])c([2H])c([2H])c([2H])c3[2H])c2-[n+]2[c-]n(-c3cccc(Oc4ccc5c6c([2H])c([2H])c([2H])c([2H])c6n(-c6cc(C(C)C(C)C)ccn6)c5c4)c3)c3ccccc32)c([2H])c1[2H]. The van der Waals surface area contributed by atoms with Crippen molar-refractivity contribution >= 4 is 32.8 Å². The lowest BCUT2D eigenvalue weighted by molar-refractivity contribution is -0.571. The number of fused-ring (bicyclic) bond motifs is 4. The average Bonchev–Trinajstić information content (AvgIpc) is 3.94. The van der Waals surface area contributed by atoms with Crippen LogP contribution in [0.5, 0.6) is 11.5 Å². The summed E-state index contributed by atoms with van der Waals surface area (Å²) in [6.07, 6.45) is 5.09. The van der Waals surface area contributed by atoms with Crippen molar-refractivity contribution in [2.24, 2.45) is 5.92 Å². The highest BCUT2D eigenvalue weighted by Crippen LogP contribution is 2.37. The normalized spacial score (nSPS) is 15.5. The summed E-state index contributed by atoms with van der Waals surface area (Å²) in [5, 5.41) is 0.923. The number of hydrogen-bond donors (Lipinski definition) is 0. The van der Waals surface area contributed by atoms with Crippen LogP contribution < -0.4 is 9.30 Å². The monoisotopic (exact) mass is 764 g/mol. The first kappa shape index (κ1) is 23.1. The van der Waals surface area contributed by atoms with Gasteiger partial charge in [0.1, 0.15) is 17.3 Å². The van der Waals surface area contributed by atoms with Crippen molar-refractivity contribution in [3.8, 4) is 50.9 Å². The molecule has 3 aromatic heterocycles. The number of aromatic nitrogens is 4. The number of ether oxygens (including phenoxy) is 1. The van der Waals surface area contributed by atoms with Gasteiger partial charge < -0.3 is 4.74 Å². The van der Waals surface area contributed by atoms with Gasteiger partial charge in [0.2, 0.25) is 0 Å². The van der Waals surface area contributed by atoms with Crippen molar-refractivity contribution in [2.45, 2.75) is 26.7 Å². The van der Waals surface area contributed by atoms with Crippen LogP contribution >= 0.6 is 0 Å². The van der Waals surface area contributed by atoms with Crippen LogP contribution in [0.15, 0.2) is 188 Å². The standard InChI is InChI=1S/C53H42N4O/c1-36(2)37(3)40-30-31-54-52(32-40)57-48-25-11-10-22-46(48)47-29-28-43(34-51(47)57)58-42-21-14-20-41(33-42)55-35-56(50-27-13-12-26-49(50)55)53-44(38-16-6-4-7-17-38)23-15-24-45(53)39-18-8-5-9-19-39/h4-34,36-37H,1-3H3/i4D,5D,6D,7D,8D,9D,10D,11D,16D,17D,18D,19D,22D,25D. The van der Waals surface area contributed by atoms with Crippen LogP contribution in [0.1, 0.15) is 51.4 Å². The van der Waals surface area contributed by atoms with Gasteiger partial charge in [-0.05, 0) is 88.2 Å². The molecule has 0 aliphatic rings. The first-order valence-electron chi connectivity index (χ1n) is 25.8. The van der Waals surface area contributed by atoms with Crippen LogP contribution in [0.25, 0.3) is 72.3 Å². The molecule has 0 bridgehead atoms. The van der Waals surface area contributed by atoms with Gasteiger partial charge in [-0.3, -0.25) is 13.7 Å². The zero-order valence-corrected chi connectivity index (χ0v) is 31.7. The first-order valence-corrected chi connectivity index (χ1v) is 18.8. The summed E-state index contributed by atoms with van der Waals surface area (Å²) in [6, 6.07) is 21.6. The summed E-state index contributed by atoms with van der Waals surface area (Å²) >= 11 is 0. The van der Waals surface area contributed by atoms with Gasteiger partial charge in [0.15, 0.2) is 0 Å². The molecular formula is C53H42N4O. The first-order chi connectivity index (χ1) is 34.3. The molecule has 0 saturated carbocycles. The van der Waals surface area contributed by atoms with E-state index >= 15 is 0 Å². The topological polar surface area (TPSA) is 35.9 Å². The van der Waals surface area contributed by atoms with E-state index in [1.54, 1.807) is 86.6 Å². The summed E-state index contributed by atoms with van der Waals surface area (Å²) in [5.41, 5.74) is 3.54. The predicted molar refractivity (Wildman–Crippen MR) is 236 cm³/mol. The summed E-state index contributed by atoms with van der Waals surface area (Å²) in [4.78, 5) is 4.71. The maximum absolute atomic E-state index is 9.05. The van der Waals surface area contributed by atoms with Crippen molar-refractivity contribution in [1.82, 2.24) is 14.1 Å². The van der Waals surface area contributed by atoms with E-state index in [4.69, 9.17) is 28.9 Å². The Morgan fingerprint density at radius 1 is 0.621 bits per heavy atom. The summed E-state index contributed by atoms with van der Waals surface area (Å²) in [6.45, 7) is 6.39. The lowest BCUT2D eigenvalue weighted by atomic mass is 9.91. The van der Waals surface area contributed by atoms with Crippen LogP contribution in [0.2, 0.25) is 0 Å². The highest BCUT2D eigenvalue weighted by molar-refractivity contribution is 6.09. The average molecular weight is 765 g/mol. The van der Waals surface area contributed by atoms with Crippen molar-refractivity contribution in [3.05, 3.63) is 200 Å². The Morgan fingerprint density at radius 2 is 1.31 bits per heavy atom. The van der Waals surface area contributed by atoms with Gasteiger partial charge in [0, 0.05) is 23.0 Å². The van der Waals surface area contributed by atoms with Gasteiger partial charge in [-0.15, -0.1) is 0 Å². The van der Waals surface area contributed by atoms with Gasteiger partial charge in [-0.2, -0.15) is 0 Å². The molecule has 280 valence electrons. The van der Waals surface area contributed by atoms with Gasteiger partial charge >= 0.3 is 0 Å². The van der Waals surface area contributed by atoms with E-state index in [0.29, 0.717) is 56.2 Å². The third kappa shape index (κ3) is 6.22. The van der Waals surface area contributed by atoms with Gasteiger partial charge in [0.05, 0.1) is 52.6 Å². The van der Waals surface area contributed by atoms with Crippen molar-refractivity contribution < 1.29 is 28.5 Å². The van der Waals surface area contributed by atoms with Crippen molar-refractivity contribution in [1.29, 1.82) is 0 Å². The van der Waals surface area contributed by atoms with Crippen LogP contribution in [0, 0.1) is 12.2 Å². The minimum absolute atomic E-state index is 0.120. The van der Waals surface area contributed by atoms with Crippen molar-refractivity contribution in [2.75, 3.05) is 0 Å². The molecule has 0 radical (unpaired) electrons. The number of para-hydroxylation sites is 4. The molecular weight excluding hydrogens is 709 g/mol. The molecule has 5 heteroatoms. The van der Waals surface area contributed by atoms with E-state index in [1.807, 2.05) is 30.3 Å². The molecule has 0 N–H and O–H groups in total. The van der Waals surface area contributed by atoms with Gasteiger partial charge in [-0.25, -0.2) is 4.98 Å². The fraction of sp³-hybridized carbons (Fsp3) is 0.0943. The molecule has 10 aromatic rings. The third-order valence-electron chi connectivity index (χ3n) is 10.6. The van der Waals surface area contributed by atoms with E-state index in [0.717, 1.165) is 5.56 Å². The van der Waals surface area contributed by atoms with Gasteiger partial charge in [0.25, 0.3) is 6.33 Å². The predicted octanol–water partition coefficient (Wildman–Crippen LogP) is 13.1. The molecule has 0 aliphatic heterocycles. The quantitative estimate of drug-likeness (QED) is 0.108. The molecule has 0 amide bonds. The molecule has 0 aliphatic carbocycles. The maximum Gasteiger partial charge on any atom is 0.269 e. The fourth-order valence-electron chi connectivity index (χ4n) is 7.42. The number of nitrogens with zero attached hydrogens (tertiary/aromatic N) is 4. The molecule has 58 heavy (non-hydrogen) atoms. The zero-order valence-electron chi connectivity index (χ0n) is 45.7. The molecule has 7 aromatic carbocycles. The molecule has 1 unspecified atom stereocenters. The Labute approximate surface area is 358 Å². The van der Waals surface area contributed by atoms with E-state index < -0.39 is 60.4 Å². The smallest absolute Gasteiger partial charge is 0.269 e. The molecule has 5 nitrogen and oxygen atoms in total. The molecule has 0 spiro atoms. The number of hydrogen-bond acceptors (Lipinski definition) is 2. The second kappa shape index (κ2) is 14.7. The van der Waals surface area contributed by atoms with Gasteiger partial charge in [-0.1, -0.05) is 148 Å². The second-order valence-corrected chi connectivity index (χ2v) is 14.3. The Balaban J connectivity index is 1.16. The number of rotatable bonds is 9. The van der Waals surface area contributed by atoms with Crippen LogP contribution in [-0.4, -0.2) is 14.1 Å². The summed E-state index contributed by atoms with van der Waals surface area (Å²) < 4.78 is 134. The van der Waals surface area contributed by atoms with E-state index in [9.17, 15) is 0 Å². The van der Waals surface area contributed by atoms with Crippen LogP contribution in [-0.2, 0) is 0 Å². The van der Waals surface area contributed by atoms with E-state index in [2.05, 4.69) is 27.1 Å². The largest absolute Gasteiger partial charge is 0.458 e. The highest BCUT2D eigenvalue weighted by atomic mass is 16.5. The zero-order chi connectivity index (χ0) is 51.3. The Kier molecular flexibility index (Phi) is 5.85. The Bertz CT molecular complexity index is 3780. The second-order valence-electron chi connectivity index (χ2n) is 14.3. The lowest BCUT2D eigenvalue weighted by Crippen LogP contribution is -2.31. The number of pyridine rings is 1. The van der Waals surface area contributed by atoms with E-state index in [-0.39, 0.29) is 63.5 Å². The number of imidazole rings is 1. The molecule has 10 rings (SSSR count). The van der Waals surface area contributed by atoms with E-state index in [1.165, 1.54) is 0 Å². The minimum atomic E-state index is -0.592. The maximum atomic E-state index is 9.05. The van der Waals surface area contributed by atoms with Crippen LogP contribution in [0.4, 0.5) is 0 Å². The Morgan fingerprint density at radius 3 is 2.07 bits per heavy atom. The molecule has 3 heterocycles. The molecule has 1 atom stereocenters. The van der Waals surface area contributed by atoms with Crippen LogP contribution in [0.3, 0.4) is 0 Å². The highest BCUT2D eigenvalue weighted by Gasteiger charge is 2.21. The minimum Gasteiger partial charge on any atom is -0.458 e. The van der Waals surface area contributed by atoms with Crippen molar-refractivity contribution in [3.63, 3.8) is 0 Å². The summed E-state index contributed by atoms with van der Waals surface area (Å²) in [5.74, 6) is 1.75. The lowest BCUT2D eigenvalue weighted by Gasteiger charge is -2.17. The third-order valence-corrected chi connectivity index (χ3v) is 10.6. The Hall–Kier alpha value is -7.24. The number of benzene rings is 7. The molecule has 0 fully saturated rings. The summed E-state index contributed by atoms with van der Waals surface area (Å²) in [7, 11) is 0.